The van der Waals surface area contributed by atoms with Gasteiger partial charge in [-0.2, -0.15) is 0 Å². The summed E-state index contributed by atoms with van der Waals surface area (Å²) in [4.78, 5) is 0. The minimum Gasteiger partial charge on any atom is -0.388 e. The number of aryl methyl sites for hydroxylation is 4. The second-order valence-corrected chi connectivity index (χ2v) is 10.3. The second-order valence-electron chi connectivity index (χ2n) is 10.3. The van der Waals surface area contributed by atoms with Crippen LogP contribution in [0.25, 0.3) is 0 Å². The zero-order valence-electron chi connectivity index (χ0n) is 18.6. The van der Waals surface area contributed by atoms with Crippen LogP contribution in [0.4, 0.5) is 0 Å². The third-order valence-corrected chi connectivity index (χ3v) is 8.86. The van der Waals surface area contributed by atoms with Crippen molar-refractivity contribution in [2.75, 3.05) is 0 Å². The van der Waals surface area contributed by atoms with Gasteiger partial charge in [-0.15, -0.1) is 0 Å². The molecule has 0 fully saturated rings. The van der Waals surface area contributed by atoms with Gasteiger partial charge in [0, 0.05) is 17.8 Å². The summed E-state index contributed by atoms with van der Waals surface area (Å²) in [5.74, 6) is 1.17. The summed E-state index contributed by atoms with van der Waals surface area (Å²) in [6.07, 6.45) is 10.0. The molecule has 10 rings (SSSR count). The number of rotatable bonds is 0. The highest BCUT2D eigenvalue weighted by Crippen LogP contribution is 2.60. The maximum Gasteiger partial charge on any atom is 0.0830 e. The van der Waals surface area contributed by atoms with E-state index in [0.29, 0.717) is 17.8 Å². The lowest BCUT2D eigenvalue weighted by Gasteiger charge is -2.42. The van der Waals surface area contributed by atoms with Crippen LogP contribution in [-0.2, 0) is 32.1 Å². The van der Waals surface area contributed by atoms with Gasteiger partial charge in [0.15, 0.2) is 0 Å². The van der Waals surface area contributed by atoms with Crippen LogP contribution >= 0.6 is 0 Å². The van der Waals surface area contributed by atoms with Crippen molar-refractivity contribution in [1.82, 2.24) is 0 Å². The zero-order chi connectivity index (χ0) is 21.2. The van der Waals surface area contributed by atoms with Crippen molar-refractivity contribution in [3.8, 4) is 0 Å². The van der Waals surface area contributed by atoms with E-state index in [1.807, 2.05) is 0 Å². The molecular weight excluding hydrogens is 388 g/mol. The number of hydrogen-bond donors (Lipinski definition) is 1. The van der Waals surface area contributed by atoms with E-state index in [0.717, 1.165) is 32.1 Å². The predicted molar refractivity (Wildman–Crippen MR) is 129 cm³/mol. The molecule has 0 aromatic heterocycles. The quantitative estimate of drug-likeness (QED) is 0.420. The van der Waals surface area contributed by atoms with Crippen molar-refractivity contribution < 1.29 is 5.11 Å². The van der Waals surface area contributed by atoms with Crippen molar-refractivity contribution >= 4 is 0 Å². The van der Waals surface area contributed by atoms with Crippen molar-refractivity contribution in [3.63, 3.8) is 0 Å². The maximum atomic E-state index is 11.2. The lowest BCUT2D eigenvalue weighted by atomic mass is 9.62. The Balaban J connectivity index is 1.41. The van der Waals surface area contributed by atoms with Crippen LogP contribution in [0.5, 0.6) is 0 Å². The normalized spacial score (nSPS) is 27.5. The molecule has 1 heteroatoms. The number of fused-ring (bicyclic) bond motifs is 5. The van der Waals surface area contributed by atoms with Crippen LogP contribution in [0.1, 0.15) is 75.3 Å². The van der Waals surface area contributed by atoms with E-state index in [-0.39, 0.29) is 6.10 Å². The number of benzene rings is 3. The Kier molecular flexibility index (Phi) is 4.24. The number of hydrogen-bond acceptors (Lipinski definition) is 1. The molecule has 3 aromatic carbocycles. The summed E-state index contributed by atoms with van der Waals surface area (Å²) < 4.78 is 0. The van der Waals surface area contributed by atoms with E-state index in [2.05, 4.69) is 66.7 Å². The first kappa shape index (κ1) is 18.9. The van der Waals surface area contributed by atoms with E-state index < -0.39 is 0 Å². The highest BCUT2D eigenvalue weighted by molar-refractivity contribution is 5.55. The SMILES string of the molecule is OC1c2ccccc2[C@H]2[C@@H]3C(=CC[C@@H]12)CCc1c2ccc(c13)CCc1ccc(cc1)CC2. The molecule has 32 heavy (non-hydrogen) atoms. The third kappa shape index (κ3) is 2.74. The molecular formula is C31H30O. The first-order valence-electron chi connectivity index (χ1n) is 12.4. The van der Waals surface area contributed by atoms with Crippen LogP contribution in [-0.4, -0.2) is 5.11 Å². The highest BCUT2D eigenvalue weighted by Gasteiger charge is 2.48. The van der Waals surface area contributed by atoms with Crippen molar-refractivity contribution in [2.24, 2.45) is 5.92 Å². The van der Waals surface area contributed by atoms with Gasteiger partial charge in [-0.1, -0.05) is 72.3 Å². The van der Waals surface area contributed by atoms with E-state index in [4.69, 9.17) is 0 Å². The summed E-state index contributed by atoms with van der Waals surface area (Å²) >= 11 is 0. The van der Waals surface area contributed by atoms with Gasteiger partial charge < -0.3 is 5.11 Å². The molecule has 0 aliphatic heterocycles. The van der Waals surface area contributed by atoms with Gasteiger partial charge in [-0.05, 0) is 89.5 Å². The van der Waals surface area contributed by atoms with Gasteiger partial charge in [0.25, 0.3) is 0 Å². The topological polar surface area (TPSA) is 20.2 Å². The van der Waals surface area contributed by atoms with E-state index in [1.165, 1.54) is 35.1 Å². The Hall–Kier alpha value is -2.64. The Bertz CT molecular complexity index is 1230. The average Bonchev–Trinajstić information content (AvgIpc) is 3.13. The Morgan fingerprint density at radius 2 is 1.34 bits per heavy atom. The molecule has 160 valence electrons. The second kappa shape index (κ2) is 7.18. The van der Waals surface area contributed by atoms with Crippen molar-refractivity contribution in [2.45, 2.75) is 62.9 Å². The average molecular weight is 419 g/mol. The van der Waals surface area contributed by atoms with Crippen LogP contribution in [0.2, 0.25) is 0 Å². The first-order chi connectivity index (χ1) is 15.8. The molecule has 0 spiro atoms. The number of aliphatic hydroxyl groups is 1. The monoisotopic (exact) mass is 418 g/mol. The summed E-state index contributed by atoms with van der Waals surface area (Å²) in [6.45, 7) is 0. The molecule has 0 saturated carbocycles. The molecule has 3 aromatic rings. The Morgan fingerprint density at radius 1 is 0.656 bits per heavy atom. The van der Waals surface area contributed by atoms with Gasteiger partial charge >= 0.3 is 0 Å². The van der Waals surface area contributed by atoms with Crippen LogP contribution in [0, 0.1) is 5.92 Å². The van der Waals surface area contributed by atoms with Crippen LogP contribution < -0.4 is 0 Å². The van der Waals surface area contributed by atoms with Gasteiger partial charge in [-0.25, -0.2) is 0 Å². The summed E-state index contributed by atoms with van der Waals surface area (Å²) in [5, 5.41) is 11.2. The van der Waals surface area contributed by atoms with Gasteiger partial charge in [0.1, 0.15) is 0 Å². The van der Waals surface area contributed by atoms with Gasteiger partial charge in [0.2, 0.25) is 0 Å². The molecule has 0 saturated heterocycles. The molecule has 7 aliphatic carbocycles. The number of allylic oxidation sites excluding steroid dienone is 2. The van der Waals surface area contributed by atoms with Crippen LogP contribution in [0.3, 0.4) is 0 Å². The predicted octanol–water partition coefficient (Wildman–Crippen LogP) is 6.38. The fraction of sp³-hybridized carbons (Fsp3) is 0.355. The third-order valence-electron chi connectivity index (χ3n) is 8.86. The molecule has 4 bridgehead atoms. The summed E-state index contributed by atoms with van der Waals surface area (Å²) in [7, 11) is 0. The van der Waals surface area contributed by atoms with E-state index in [1.54, 1.807) is 27.8 Å². The first-order valence-corrected chi connectivity index (χ1v) is 12.4. The lowest BCUT2D eigenvalue weighted by Crippen LogP contribution is -2.29. The molecule has 0 radical (unpaired) electrons. The van der Waals surface area contributed by atoms with Crippen molar-refractivity contribution in [1.29, 1.82) is 0 Å². The summed E-state index contributed by atoms with van der Waals surface area (Å²) in [6, 6.07) is 22.9. The molecule has 1 unspecified atom stereocenters. The number of aliphatic hydroxyl groups excluding tert-OH is 1. The molecule has 1 N–H and O–H groups in total. The highest BCUT2D eigenvalue weighted by atomic mass is 16.3. The zero-order valence-corrected chi connectivity index (χ0v) is 18.6. The Morgan fingerprint density at radius 3 is 2.12 bits per heavy atom. The molecule has 0 amide bonds. The largest absolute Gasteiger partial charge is 0.388 e. The Labute approximate surface area is 190 Å². The smallest absolute Gasteiger partial charge is 0.0830 e. The van der Waals surface area contributed by atoms with Gasteiger partial charge in [-0.3, -0.25) is 0 Å². The molecule has 4 atom stereocenters. The summed E-state index contributed by atoms with van der Waals surface area (Å²) in [5.41, 5.74) is 13.5. The molecule has 7 aliphatic rings. The fourth-order valence-corrected chi connectivity index (χ4v) is 7.30. The van der Waals surface area contributed by atoms with Crippen LogP contribution in [0.15, 0.2) is 72.3 Å². The van der Waals surface area contributed by atoms with Crippen molar-refractivity contribution in [3.05, 3.63) is 117 Å². The van der Waals surface area contributed by atoms with E-state index in [9.17, 15) is 5.11 Å². The lowest BCUT2D eigenvalue weighted by molar-refractivity contribution is 0.104. The minimum absolute atomic E-state index is 0.314. The molecule has 0 heterocycles. The fourth-order valence-electron chi connectivity index (χ4n) is 7.30. The maximum absolute atomic E-state index is 11.2. The minimum atomic E-state index is -0.324. The van der Waals surface area contributed by atoms with Gasteiger partial charge in [0.05, 0.1) is 6.10 Å². The molecule has 1 nitrogen and oxygen atoms in total. The van der Waals surface area contributed by atoms with E-state index >= 15 is 0 Å². The standard InChI is InChI=1S/C31H30O/c32-31-26-4-2-1-3-25(26)30-27(31)18-16-23-15-17-24-21-11-9-19-5-7-20(8-6-19)10-12-22(14-13-21)28(24)29(23)30/h1-8,13-14,16,27,29-32H,9-12,15,17-18H2/t27-,29-,30-,31?/m1/s1.